The highest BCUT2D eigenvalue weighted by Gasteiger charge is 2.33. The molecule has 1 aromatic carbocycles. The van der Waals surface area contributed by atoms with Crippen LogP contribution in [0.1, 0.15) is 19.4 Å². The molecular weight excluding hydrogens is 232 g/mol. The first-order valence-electron chi connectivity index (χ1n) is 5.22. The standard InChI is InChI=1S/C12H16ClF2N/c1-8(2)12(15,7-16)6-9-4-3-5-10(14)11(9)13/h3-5,8H,6-7,16H2,1-2H3. The quantitative estimate of drug-likeness (QED) is 0.868. The minimum Gasteiger partial charge on any atom is -0.328 e. The van der Waals surface area contributed by atoms with Gasteiger partial charge < -0.3 is 5.73 Å². The van der Waals surface area contributed by atoms with E-state index in [4.69, 9.17) is 17.3 Å². The van der Waals surface area contributed by atoms with Crippen LogP contribution in [0.4, 0.5) is 8.78 Å². The summed E-state index contributed by atoms with van der Waals surface area (Å²) in [6.45, 7) is 3.40. The first kappa shape index (κ1) is 13.4. The lowest BCUT2D eigenvalue weighted by atomic mass is 9.86. The molecule has 1 nitrogen and oxygen atoms in total. The molecule has 0 heterocycles. The van der Waals surface area contributed by atoms with Crippen LogP contribution in [0.15, 0.2) is 18.2 Å². The summed E-state index contributed by atoms with van der Waals surface area (Å²) >= 11 is 5.78. The minimum atomic E-state index is -1.54. The van der Waals surface area contributed by atoms with E-state index < -0.39 is 11.5 Å². The van der Waals surface area contributed by atoms with E-state index in [9.17, 15) is 8.78 Å². The number of hydrogen-bond acceptors (Lipinski definition) is 1. The smallest absolute Gasteiger partial charge is 0.142 e. The van der Waals surface area contributed by atoms with Crippen molar-refractivity contribution in [3.63, 3.8) is 0 Å². The summed E-state index contributed by atoms with van der Waals surface area (Å²) in [5.74, 6) is -0.765. The molecule has 1 atom stereocenters. The molecular formula is C12H16ClF2N. The predicted molar refractivity (Wildman–Crippen MR) is 62.8 cm³/mol. The average Bonchev–Trinajstić information content (AvgIpc) is 2.24. The number of alkyl halides is 1. The SMILES string of the molecule is CC(C)C(F)(CN)Cc1cccc(F)c1Cl. The zero-order valence-electron chi connectivity index (χ0n) is 9.43. The van der Waals surface area contributed by atoms with E-state index in [0.717, 1.165) is 0 Å². The van der Waals surface area contributed by atoms with Crippen molar-refractivity contribution in [3.05, 3.63) is 34.6 Å². The molecule has 0 aliphatic heterocycles. The maximum atomic E-state index is 14.3. The van der Waals surface area contributed by atoms with Gasteiger partial charge in [0.2, 0.25) is 0 Å². The average molecular weight is 248 g/mol. The van der Waals surface area contributed by atoms with E-state index in [-0.39, 0.29) is 23.9 Å². The molecule has 90 valence electrons. The van der Waals surface area contributed by atoms with Crippen molar-refractivity contribution in [1.29, 1.82) is 0 Å². The van der Waals surface area contributed by atoms with E-state index in [0.29, 0.717) is 5.56 Å². The van der Waals surface area contributed by atoms with Gasteiger partial charge in [0.15, 0.2) is 0 Å². The van der Waals surface area contributed by atoms with Crippen LogP contribution in [0.2, 0.25) is 5.02 Å². The molecule has 1 unspecified atom stereocenters. The van der Waals surface area contributed by atoms with Gasteiger partial charge in [0.1, 0.15) is 11.5 Å². The van der Waals surface area contributed by atoms with Crippen LogP contribution >= 0.6 is 11.6 Å². The van der Waals surface area contributed by atoms with Gasteiger partial charge in [-0.3, -0.25) is 0 Å². The molecule has 1 rings (SSSR count). The highest BCUT2D eigenvalue weighted by Crippen LogP contribution is 2.30. The Morgan fingerprint density at radius 1 is 1.44 bits per heavy atom. The fraction of sp³-hybridized carbons (Fsp3) is 0.500. The summed E-state index contributed by atoms with van der Waals surface area (Å²) in [4.78, 5) is 0. The Balaban J connectivity index is 2.99. The fourth-order valence-corrected chi connectivity index (χ4v) is 1.71. The third-order valence-corrected chi connectivity index (χ3v) is 3.31. The Morgan fingerprint density at radius 3 is 2.56 bits per heavy atom. The molecule has 0 aliphatic rings. The van der Waals surface area contributed by atoms with E-state index in [1.54, 1.807) is 19.9 Å². The number of halogens is 3. The first-order chi connectivity index (χ1) is 7.40. The summed E-state index contributed by atoms with van der Waals surface area (Å²) in [6.07, 6.45) is 0.0394. The molecule has 1 aromatic rings. The summed E-state index contributed by atoms with van der Waals surface area (Å²) in [5, 5.41) is -0.0152. The first-order valence-corrected chi connectivity index (χ1v) is 5.60. The van der Waals surface area contributed by atoms with Crippen LogP contribution in [-0.2, 0) is 6.42 Å². The molecule has 0 spiro atoms. The lowest BCUT2D eigenvalue weighted by Gasteiger charge is -2.28. The summed E-state index contributed by atoms with van der Waals surface area (Å²) in [6, 6.07) is 4.40. The summed E-state index contributed by atoms with van der Waals surface area (Å²) in [7, 11) is 0. The van der Waals surface area contributed by atoms with Gasteiger partial charge in [0, 0.05) is 13.0 Å². The second-order valence-electron chi connectivity index (χ2n) is 4.28. The minimum absolute atomic E-state index is 0.0152. The monoisotopic (exact) mass is 247 g/mol. The number of nitrogens with two attached hydrogens (primary N) is 1. The van der Waals surface area contributed by atoms with Crippen LogP contribution < -0.4 is 5.73 Å². The Bertz CT molecular complexity index is 368. The van der Waals surface area contributed by atoms with Gasteiger partial charge in [-0.25, -0.2) is 8.78 Å². The van der Waals surface area contributed by atoms with E-state index >= 15 is 0 Å². The molecule has 0 aliphatic carbocycles. The topological polar surface area (TPSA) is 26.0 Å². The zero-order valence-corrected chi connectivity index (χ0v) is 10.2. The van der Waals surface area contributed by atoms with Crippen LogP contribution in [0.25, 0.3) is 0 Å². The lowest BCUT2D eigenvalue weighted by molar-refractivity contribution is 0.110. The molecule has 0 aromatic heterocycles. The van der Waals surface area contributed by atoms with Gasteiger partial charge in [0.25, 0.3) is 0 Å². The number of hydrogen-bond donors (Lipinski definition) is 1. The normalized spacial score (nSPS) is 15.2. The van der Waals surface area contributed by atoms with Gasteiger partial charge in [-0.15, -0.1) is 0 Å². The van der Waals surface area contributed by atoms with Crippen molar-refractivity contribution in [2.45, 2.75) is 25.9 Å². The van der Waals surface area contributed by atoms with Crippen LogP contribution in [0.3, 0.4) is 0 Å². The molecule has 0 bridgehead atoms. The van der Waals surface area contributed by atoms with Crippen molar-refractivity contribution in [2.75, 3.05) is 6.54 Å². The lowest BCUT2D eigenvalue weighted by Crippen LogP contribution is -2.40. The maximum Gasteiger partial charge on any atom is 0.142 e. The van der Waals surface area contributed by atoms with Crippen molar-refractivity contribution in [2.24, 2.45) is 11.7 Å². The van der Waals surface area contributed by atoms with Crippen molar-refractivity contribution in [3.8, 4) is 0 Å². The van der Waals surface area contributed by atoms with Gasteiger partial charge in [-0.05, 0) is 17.5 Å². The zero-order chi connectivity index (χ0) is 12.3. The third-order valence-electron chi connectivity index (χ3n) is 2.89. The molecule has 0 saturated heterocycles. The van der Waals surface area contributed by atoms with Crippen molar-refractivity contribution >= 4 is 11.6 Å². The largest absolute Gasteiger partial charge is 0.328 e. The van der Waals surface area contributed by atoms with Gasteiger partial charge in [-0.2, -0.15) is 0 Å². The van der Waals surface area contributed by atoms with Crippen LogP contribution in [0, 0.1) is 11.7 Å². The Labute approximate surface area is 99.6 Å². The van der Waals surface area contributed by atoms with E-state index in [1.807, 2.05) is 0 Å². The van der Waals surface area contributed by atoms with Crippen LogP contribution in [0.5, 0.6) is 0 Å². The molecule has 0 amide bonds. The highest BCUT2D eigenvalue weighted by atomic mass is 35.5. The predicted octanol–water partition coefficient (Wildman–Crippen LogP) is 3.34. The second kappa shape index (κ2) is 5.11. The Hall–Kier alpha value is -0.670. The number of rotatable bonds is 4. The fourth-order valence-electron chi connectivity index (χ4n) is 1.51. The molecule has 2 N–H and O–H groups in total. The van der Waals surface area contributed by atoms with Crippen molar-refractivity contribution < 1.29 is 8.78 Å². The molecule has 16 heavy (non-hydrogen) atoms. The summed E-state index contributed by atoms with van der Waals surface area (Å²) < 4.78 is 27.5. The van der Waals surface area contributed by atoms with Gasteiger partial charge in [0.05, 0.1) is 5.02 Å². The molecule has 0 saturated carbocycles. The number of benzene rings is 1. The van der Waals surface area contributed by atoms with Crippen LogP contribution in [-0.4, -0.2) is 12.2 Å². The van der Waals surface area contributed by atoms with Gasteiger partial charge >= 0.3 is 0 Å². The van der Waals surface area contributed by atoms with Gasteiger partial charge in [-0.1, -0.05) is 37.6 Å². The third kappa shape index (κ3) is 2.71. The molecule has 0 fully saturated rings. The molecule has 0 radical (unpaired) electrons. The Kier molecular flexibility index (Phi) is 4.28. The Morgan fingerprint density at radius 2 is 2.06 bits per heavy atom. The van der Waals surface area contributed by atoms with Crippen molar-refractivity contribution in [1.82, 2.24) is 0 Å². The van der Waals surface area contributed by atoms with E-state index in [2.05, 4.69) is 0 Å². The van der Waals surface area contributed by atoms with E-state index in [1.165, 1.54) is 12.1 Å². The second-order valence-corrected chi connectivity index (χ2v) is 4.66. The summed E-state index contributed by atoms with van der Waals surface area (Å²) in [5.41, 5.74) is 4.35. The highest BCUT2D eigenvalue weighted by molar-refractivity contribution is 6.31. The molecule has 4 heteroatoms. The maximum absolute atomic E-state index is 14.3.